The van der Waals surface area contributed by atoms with Crippen molar-refractivity contribution in [3.63, 3.8) is 0 Å². The van der Waals surface area contributed by atoms with E-state index >= 15 is 0 Å². The van der Waals surface area contributed by atoms with Crippen LogP contribution in [0.4, 0.5) is 10.5 Å². The third-order valence-corrected chi connectivity index (χ3v) is 20.0. The molecule has 0 saturated carbocycles. The number of nitrogens with zero attached hydrogens (tertiary/aromatic N) is 5. The summed E-state index contributed by atoms with van der Waals surface area (Å²) in [4.78, 5) is 60.0. The van der Waals surface area contributed by atoms with Gasteiger partial charge in [-0.1, -0.05) is 36.4 Å². The lowest BCUT2D eigenvalue weighted by atomic mass is 9.82. The van der Waals surface area contributed by atoms with Crippen LogP contribution in [0, 0.1) is 0 Å². The second-order valence-corrected chi connectivity index (χ2v) is 24.8. The summed E-state index contributed by atoms with van der Waals surface area (Å²) in [6.07, 6.45) is 13.2. The highest BCUT2D eigenvalue weighted by Crippen LogP contribution is 2.54. The second kappa shape index (κ2) is 19.2. The number of fused-ring (bicyclic) bond motifs is 17. The Hall–Kier alpha value is -8.17. The summed E-state index contributed by atoms with van der Waals surface area (Å²) in [6, 6.07) is 26.0. The van der Waals surface area contributed by atoms with E-state index in [0.29, 0.717) is 50.0 Å². The third kappa shape index (κ3) is 7.60. The first-order valence-corrected chi connectivity index (χ1v) is 30.6. The largest absolute Gasteiger partial charge is 0.478 e. The third-order valence-electron chi connectivity index (χ3n) is 20.0. The summed E-state index contributed by atoms with van der Waals surface area (Å²) >= 11 is 0. The minimum atomic E-state index is -1.03. The Bertz CT molecular complexity index is 4340. The zero-order valence-corrected chi connectivity index (χ0v) is 47.3. The van der Waals surface area contributed by atoms with Crippen molar-refractivity contribution in [2.45, 2.75) is 128 Å². The van der Waals surface area contributed by atoms with Gasteiger partial charge < -0.3 is 49.5 Å². The van der Waals surface area contributed by atoms with Crippen LogP contribution in [-0.2, 0) is 42.7 Å². The molecule has 83 heavy (non-hydrogen) atoms. The van der Waals surface area contributed by atoms with E-state index in [1.165, 1.54) is 33.3 Å². The number of anilines is 1. The average Bonchev–Trinajstić information content (AvgIpc) is 1.77. The van der Waals surface area contributed by atoms with E-state index in [4.69, 9.17) is 9.47 Å². The van der Waals surface area contributed by atoms with Gasteiger partial charge in [0.2, 0.25) is 5.36 Å². The van der Waals surface area contributed by atoms with Crippen LogP contribution < -0.4 is 40.7 Å². The number of nitrogens with one attached hydrogen (secondary N) is 3. The molecule has 8 aliphatic heterocycles. The molecule has 0 radical (unpaired) electrons. The van der Waals surface area contributed by atoms with Crippen LogP contribution in [0.2, 0.25) is 0 Å². The van der Waals surface area contributed by atoms with Gasteiger partial charge in [-0.05, 0) is 137 Å². The number of hydrogen-bond donors (Lipinski definition) is 4. The van der Waals surface area contributed by atoms with Crippen LogP contribution in [-0.4, -0.2) is 95.3 Å². The summed E-state index contributed by atoms with van der Waals surface area (Å²) in [5.41, 5.74) is 14.3. The molecule has 1 saturated heterocycles. The van der Waals surface area contributed by atoms with E-state index in [0.717, 1.165) is 186 Å². The lowest BCUT2D eigenvalue weighted by Crippen LogP contribution is -2.52. The number of carboxylic acids is 1. The summed E-state index contributed by atoms with van der Waals surface area (Å²) < 4.78 is 21.8. The minimum Gasteiger partial charge on any atom is -0.478 e. The fourth-order valence-corrected chi connectivity index (χ4v) is 16.4. The summed E-state index contributed by atoms with van der Waals surface area (Å²) in [6.45, 7) is 7.63. The molecule has 3 atom stereocenters. The number of aromatic carboxylic acids is 1. The van der Waals surface area contributed by atoms with E-state index in [1.54, 1.807) is 12.1 Å². The molecule has 6 aromatic carbocycles. The predicted octanol–water partition coefficient (Wildman–Crippen LogP) is 9.67. The smallest absolute Gasteiger partial charge is 0.336 e. The van der Waals surface area contributed by atoms with Crippen LogP contribution in [0.3, 0.4) is 0 Å². The van der Waals surface area contributed by atoms with Crippen molar-refractivity contribution in [3.8, 4) is 11.5 Å². The standard InChI is InChI=1S/C68H68N8O7/c1-68-36-41(35-53(83-68)75-51-22-6-4-18-43(51)56-57-50(37-71-65(57)78)55-44-19-5-7-23-52(44)76(68)61(55)60(56)75)72(2)67(81)70-27-11-3-10-26-69-64(77)40-24-25-42(66(79)80)47(34-40)54-48-32-38-16-8-12-28-73-30-14-20-45(58(38)73)62(48)82-63-46-21-15-31-74-29-13-9-17-39(59(46)74)33-49(54)63/h4-7,18-19,22-25,32-34,41,53H,3,8-17,20-21,26-31,35-37H2,1-2H3,(H3-,69,70,71,77,78,79,80,81)/p+1/t41-,53-,68?/m1/s1. The van der Waals surface area contributed by atoms with Crippen molar-refractivity contribution < 1.29 is 33.8 Å². The van der Waals surface area contributed by atoms with E-state index in [9.17, 15) is 24.3 Å². The Morgan fingerprint density at radius 3 is 2.39 bits per heavy atom. The van der Waals surface area contributed by atoms with Crippen LogP contribution in [0.1, 0.15) is 154 Å². The van der Waals surface area contributed by atoms with Crippen LogP contribution in [0.25, 0.3) is 49.2 Å². The van der Waals surface area contributed by atoms with Crippen molar-refractivity contribution in [2.24, 2.45) is 0 Å². The van der Waals surface area contributed by atoms with Gasteiger partial charge in [-0.15, -0.1) is 0 Å². The Kier molecular flexibility index (Phi) is 11.7. The fourth-order valence-electron chi connectivity index (χ4n) is 16.4. The number of carbonyl (C=O) groups is 4. The number of hydrogen-bond acceptors (Lipinski definition) is 7. The number of aromatic nitrogens is 2. The highest BCUT2D eigenvalue weighted by Gasteiger charge is 2.48. The molecule has 15 heteroatoms. The molecule has 2 bridgehead atoms. The van der Waals surface area contributed by atoms with Crippen molar-refractivity contribution in [1.29, 1.82) is 0 Å². The minimum absolute atomic E-state index is 0.0522. The number of urea groups is 1. The first kappa shape index (κ1) is 50.5. The summed E-state index contributed by atoms with van der Waals surface area (Å²) in [5.74, 6) is 0.368. The first-order chi connectivity index (χ1) is 40.5. The van der Waals surface area contributed by atoms with Gasteiger partial charge in [0.25, 0.3) is 11.8 Å². The molecule has 0 aliphatic carbocycles. The van der Waals surface area contributed by atoms with Gasteiger partial charge in [0.15, 0.2) is 0 Å². The van der Waals surface area contributed by atoms with E-state index in [1.807, 2.05) is 30.1 Å². The Morgan fingerprint density at radius 2 is 1.53 bits per heavy atom. The molecule has 8 aromatic rings. The van der Waals surface area contributed by atoms with Crippen molar-refractivity contribution in [1.82, 2.24) is 34.6 Å². The molecule has 0 spiro atoms. The molecule has 16 rings (SSSR count). The molecule has 15 nitrogen and oxygen atoms in total. The topological polar surface area (TPSA) is 162 Å². The lowest BCUT2D eigenvalue weighted by Gasteiger charge is -2.45. The molecule has 8 aliphatic rings. The number of benzene rings is 6. The number of aryl methyl sites for hydroxylation is 2. The Labute approximate surface area is 480 Å². The monoisotopic (exact) mass is 1110 g/mol. The molecule has 4 N–H and O–H groups in total. The highest BCUT2D eigenvalue weighted by molar-refractivity contribution is 6.31. The number of carbonyl (C=O) groups excluding carboxylic acids is 3. The normalized spacial score (nSPS) is 20.9. The Morgan fingerprint density at radius 1 is 0.771 bits per heavy atom. The Balaban J connectivity index is 0.636. The molecule has 4 amide bonds. The molecule has 10 heterocycles. The zero-order valence-electron chi connectivity index (χ0n) is 47.3. The van der Waals surface area contributed by atoms with Crippen LogP contribution in [0.15, 0.2) is 78.9 Å². The number of rotatable bonds is 10. The second-order valence-electron chi connectivity index (χ2n) is 24.8. The van der Waals surface area contributed by atoms with Gasteiger partial charge in [0, 0.05) is 132 Å². The summed E-state index contributed by atoms with van der Waals surface area (Å²) in [5, 5.41) is 26.9. The molecule has 2 aromatic heterocycles. The maximum absolute atomic E-state index is 14.3. The lowest BCUT2D eigenvalue weighted by molar-refractivity contribution is -0.201. The van der Waals surface area contributed by atoms with Crippen molar-refractivity contribution in [2.75, 3.05) is 51.2 Å². The van der Waals surface area contributed by atoms with Gasteiger partial charge in [0.05, 0.1) is 38.8 Å². The molecular formula is C68H69N8O7+. The van der Waals surface area contributed by atoms with Gasteiger partial charge >= 0.3 is 12.0 Å². The van der Waals surface area contributed by atoms with Gasteiger partial charge in [-0.3, -0.25) is 9.59 Å². The number of amides is 4. The van der Waals surface area contributed by atoms with E-state index < -0.39 is 17.9 Å². The highest BCUT2D eigenvalue weighted by atomic mass is 16.5. The zero-order chi connectivity index (χ0) is 56.0. The fraction of sp³-hybridized carbons (Fsp3) is 0.397. The first-order valence-electron chi connectivity index (χ1n) is 30.6. The number of unbranched alkanes of at least 4 members (excludes halogenated alkanes) is 2. The molecule has 422 valence electrons. The van der Waals surface area contributed by atoms with Crippen LogP contribution in [0.5, 0.6) is 11.5 Å². The number of para-hydroxylation sites is 2. The number of ether oxygens (including phenoxy) is 2. The van der Waals surface area contributed by atoms with E-state index in [-0.39, 0.29) is 29.5 Å². The maximum atomic E-state index is 14.3. The van der Waals surface area contributed by atoms with Gasteiger partial charge in [-0.25, -0.2) is 14.2 Å². The molecule has 1 fully saturated rings. The van der Waals surface area contributed by atoms with Crippen molar-refractivity contribution >= 4 is 78.7 Å². The quantitative estimate of drug-likeness (QED) is 0.0778. The maximum Gasteiger partial charge on any atom is 0.336 e. The van der Waals surface area contributed by atoms with Crippen LogP contribution >= 0.6 is 0 Å². The predicted molar refractivity (Wildman–Crippen MR) is 321 cm³/mol. The molecular weight excluding hydrogens is 1040 g/mol. The summed E-state index contributed by atoms with van der Waals surface area (Å²) in [7, 11) is 1.89. The van der Waals surface area contributed by atoms with Crippen molar-refractivity contribution in [3.05, 3.63) is 145 Å². The van der Waals surface area contributed by atoms with Gasteiger partial charge in [0.1, 0.15) is 36.5 Å². The average molecular weight is 1110 g/mol. The molecule has 1 unspecified atom stereocenters. The SMILES string of the molecule is CN(C(=O)NCCCCCNC(=O)c1ccc(C(=O)O)c(C2=c3cc4c5c(c3Oc3c2cc2c6c3CCCN6CCCC2)CCC[N+]=5CCCC4)c1)[C@@H]1C[C@H]2OC(C)(C1)n1c3ccccc3c3c4c(c5c6ccccc6n2c5c31)C(=O)NC4. The number of carboxylic acid groups (broad SMARTS) is 1. The van der Waals surface area contributed by atoms with E-state index in [2.05, 4.69) is 90.0 Å². The van der Waals surface area contributed by atoms with Gasteiger partial charge in [-0.2, -0.15) is 0 Å².